The van der Waals surface area contributed by atoms with Crippen LogP contribution >= 0.6 is 23.5 Å². The number of hydrogen-bond acceptors (Lipinski definition) is 5. The Labute approximate surface area is 172 Å². The Morgan fingerprint density at radius 3 is 2.50 bits per heavy atom. The van der Waals surface area contributed by atoms with Gasteiger partial charge < -0.3 is 14.8 Å². The molecule has 0 saturated heterocycles. The summed E-state index contributed by atoms with van der Waals surface area (Å²) in [5.41, 5.74) is 2.55. The van der Waals surface area contributed by atoms with Crippen LogP contribution in [-0.2, 0) is 17.1 Å². The van der Waals surface area contributed by atoms with Gasteiger partial charge in [-0.25, -0.2) is 4.98 Å². The fraction of sp³-hybridized carbons (Fsp3) is 0.250. The zero-order valence-electron chi connectivity index (χ0n) is 16.0. The van der Waals surface area contributed by atoms with Crippen molar-refractivity contribution in [3.8, 4) is 0 Å². The molecule has 146 valence electrons. The molecular formula is C20H22N4O2S2. The summed E-state index contributed by atoms with van der Waals surface area (Å²) in [5.74, 6) is 1.52. The van der Waals surface area contributed by atoms with Gasteiger partial charge in [0.2, 0.25) is 5.91 Å². The Morgan fingerprint density at radius 1 is 1.11 bits per heavy atom. The van der Waals surface area contributed by atoms with Gasteiger partial charge in [-0.05, 0) is 54.4 Å². The molecule has 0 saturated carbocycles. The Hall–Kier alpha value is -2.45. The molecule has 0 radical (unpaired) electrons. The molecule has 0 unspecified atom stereocenters. The largest absolute Gasteiger partial charge is 0.339 e. The Kier molecular flexibility index (Phi) is 6.64. The third kappa shape index (κ3) is 4.88. The molecule has 3 aromatic rings. The SMILES string of the molecule is CSCc1nc2ccccc2n1CC(=O)Nc1ccc(SC(=O)N(C)C)cc1. The van der Waals surface area contributed by atoms with Crippen LogP contribution in [0.3, 0.4) is 0 Å². The lowest BCUT2D eigenvalue weighted by Gasteiger charge is -2.11. The summed E-state index contributed by atoms with van der Waals surface area (Å²) in [6.45, 7) is 0.200. The summed E-state index contributed by atoms with van der Waals surface area (Å²) in [5, 5.41) is 2.88. The van der Waals surface area contributed by atoms with Gasteiger partial charge in [0.25, 0.3) is 5.24 Å². The third-order valence-electron chi connectivity index (χ3n) is 4.02. The molecule has 2 amide bonds. The van der Waals surface area contributed by atoms with E-state index in [4.69, 9.17) is 0 Å². The fourth-order valence-electron chi connectivity index (χ4n) is 2.68. The second-order valence-corrected chi connectivity index (χ2v) is 8.26. The van der Waals surface area contributed by atoms with Gasteiger partial charge in [0.1, 0.15) is 12.4 Å². The Bertz CT molecular complexity index is 984. The van der Waals surface area contributed by atoms with Gasteiger partial charge >= 0.3 is 0 Å². The molecule has 0 bridgehead atoms. The van der Waals surface area contributed by atoms with Crippen LogP contribution in [0.25, 0.3) is 11.0 Å². The van der Waals surface area contributed by atoms with E-state index < -0.39 is 0 Å². The van der Waals surface area contributed by atoms with Crippen molar-refractivity contribution in [3.05, 3.63) is 54.4 Å². The first-order valence-electron chi connectivity index (χ1n) is 8.70. The van der Waals surface area contributed by atoms with Crippen molar-refractivity contribution >= 4 is 51.4 Å². The number of benzene rings is 2. The van der Waals surface area contributed by atoms with Crippen LogP contribution in [0.5, 0.6) is 0 Å². The van der Waals surface area contributed by atoms with Crippen LogP contribution in [0.2, 0.25) is 0 Å². The topological polar surface area (TPSA) is 67.2 Å². The predicted octanol–water partition coefficient (Wildman–Crippen LogP) is 4.31. The number of nitrogens with one attached hydrogen (secondary N) is 1. The van der Waals surface area contributed by atoms with Crippen LogP contribution in [0.4, 0.5) is 10.5 Å². The molecule has 1 aromatic heterocycles. The summed E-state index contributed by atoms with van der Waals surface area (Å²) in [6.07, 6.45) is 2.02. The van der Waals surface area contributed by atoms with Gasteiger partial charge in [0.15, 0.2) is 0 Å². The minimum atomic E-state index is -0.115. The number of hydrogen-bond donors (Lipinski definition) is 1. The molecule has 0 spiro atoms. The van der Waals surface area contributed by atoms with Gasteiger partial charge in [-0.3, -0.25) is 9.59 Å². The summed E-state index contributed by atoms with van der Waals surface area (Å²) < 4.78 is 1.96. The van der Waals surface area contributed by atoms with Crippen molar-refractivity contribution < 1.29 is 9.59 Å². The van der Waals surface area contributed by atoms with Crippen molar-refractivity contribution in [2.75, 3.05) is 25.7 Å². The molecule has 0 fully saturated rings. The van der Waals surface area contributed by atoms with E-state index >= 15 is 0 Å². The maximum atomic E-state index is 12.6. The monoisotopic (exact) mass is 414 g/mol. The van der Waals surface area contributed by atoms with Crippen LogP contribution in [0.15, 0.2) is 53.4 Å². The van der Waals surface area contributed by atoms with E-state index in [1.807, 2.05) is 47.2 Å². The molecule has 8 heteroatoms. The third-order valence-corrected chi connectivity index (χ3v) is 5.61. The number of aromatic nitrogens is 2. The molecule has 2 aromatic carbocycles. The van der Waals surface area contributed by atoms with Gasteiger partial charge in [-0.15, -0.1) is 0 Å². The number of amides is 2. The first kappa shape index (κ1) is 20.3. The number of thioether (sulfide) groups is 2. The van der Waals surface area contributed by atoms with Crippen molar-refractivity contribution in [2.45, 2.75) is 17.2 Å². The van der Waals surface area contributed by atoms with Gasteiger partial charge in [0.05, 0.1) is 16.8 Å². The summed E-state index contributed by atoms with van der Waals surface area (Å²) in [7, 11) is 3.43. The average Bonchev–Trinajstić information content (AvgIpc) is 3.01. The van der Waals surface area contributed by atoms with E-state index in [0.29, 0.717) is 5.69 Å². The second-order valence-electron chi connectivity index (χ2n) is 6.37. The Morgan fingerprint density at radius 2 is 1.82 bits per heavy atom. The van der Waals surface area contributed by atoms with Crippen molar-refractivity contribution in [1.29, 1.82) is 0 Å². The zero-order chi connectivity index (χ0) is 20.1. The fourth-order valence-corrected chi connectivity index (χ4v) is 3.82. The number of carbonyl (C=O) groups is 2. The number of imidazole rings is 1. The molecular weight excluding hydrogens is 392 g/mol. The number of para-hydroxylation sites is 2. The minimum absolute atomic E-state index is 0.0369. The van der Waals surface area contributed by atoms with E-state index in [0.717, 1.165) is 39.3 Å². The molecule has 0 aliphatic rings. The zero-order valence-corrected chi connectivity index (χ0v) is 17.6. The number of nitrogens with zero attached hydrogens (tertiary/aromatic N) is 3. The number of anilines is 1. The quantitative estimate of drug-likeness (QED) is 0.609. The molecule has 0 aliphatic heterocycles. The summed E-state index contributed by atoms with van der Waals surface area (Å²) in [6, 6.07) is 15.1. The van der Waals surface area contributed by atoms with Gasteiger partial charge in [-0.1, -0.05) is 12.1 Å². The lowest BCUT2D eigenvalue weighted by Crippen LogP contribution is -2.20. The number of fused-ring (bicyclic) bond motifs is 1. The average molecular weight is 415 g/mol. The second kappa shape index (κ2) is 9.16. The van der Waals surface area contributed by atoms with Crippen LogP contribution in [0.1, 0.15) is 5.82 Å². The molecule has 6 nitrogen and oxygen atoms in total. The highest BCUT2D eigenvalue weighted by atomic mass is 32.2. The number of rotatable bonds is 6. The first-order valence-corrected chi connectivity index (χ1v) is 10.9. The maximum Gasteiger partial charge on any atom is 0.285 e. The lowest BCUT2D eigenvalue weighted by atomic mass is 10.3. The smallest absolute Gasteiger partial charge is 0.285 e. The highest BCUT2D eigenvalue weighted by Crippen LogP contribution is 2.23. The summed E-state index contributed by atoms with van der Waals surface area (Å²) in [4.78, 5) is 31.4. The minimum Gasteiger partial charge on any atom is -0.339 e. The molecule has 0 atom stereocenters. The lowest BCUT2D eigenvalue weighted by molar-refractivity contribution is -0.116. The van der Waals surface area contributed by atoms with E-state index in [1.54, 1.807) is 38.0 Å². The normalized spacial score (nSPS) is 10.8. The summed E-state index contributed by atoms with van der Waals surface area (Å²) >= 11 is 2.83. The van der Waals surface area contributed by atoms with Crippen LogP contribution in [0, 0.1) is 0 Å². The first-order chi connectivity index (χ1) is 13.5. The van der Waals surface area contributed by atoms with Crippen LogP contribution < -0.4 is 5.32 Å². The van der Waals surface area contributed by atoms with E-state index in [-0.39, 0.29) is 17.7 Å². The van der Waals surface area contributed by atoms with Gasteiger partial charge in [-0.2, -0.15) is 11.8 Å². The Balaban J connectivity index is 1.70. The molecule has 1 N–H and O–H groups in total. The molecule has 28 heavy (non-hydrogen) atoms. The van der Waals surface area contributed by atoms with E-state index in [9.17, 15) is 9.59 Å². The van der Waals surface area contributed by atoms with E-state index in [1.165, 1.54) is 4.90 Å². The van der Waals surface area contributed by atoms with Crippen molar-refractivity contribution in [1.82, 2.24) is 14.5 Å². The number of carbonyl (C=O) groups excluding carboxylic acids is 2. The highest BCUT2D eigenvalue weighted by molar-refractivity contribution is 8.13. The molecule has 1 heterocycles. The standard InChI is InChI=1S/C20H22N4O2S2/c1-23(2)20(26)28-15-10-8-14(9-11-15)21-19(25)12-24-17-7-5-4-6-16(17)22-18(24)13-27-3/h4-11H,12-13H2,1-3H3,(H,21,25). The van der Waals surface area contributed by atoms with Gasteiger partial charge in [0, 0.05) is 24.7 Å². The van der Waals surface area contributed by atoms with E-state index in [2.05, 4.69) is 10.3 Å². The van der Waals surface area contributed by atoms with Crippen molar-refractivity contribution in [3.63, 3.8) is 0 Å². The maximum absolute atomic E-state index is 12.6. The molecule has 3 rings (SSSR count). The highest BCUT2D eigenvalue weighted by Gasteiger charge is 2.13. The predicted molar refractivity (Wildman–Crippen MR) is 117 cm³/mol. The van der Waals surface area contributed by atoms with Crippen LogP contribution in [-0.4, -0.2) is 45.9 Å². The molecule has 0 aliphatic carbocycles. The van der Waals surface area contributed by atoms with Crippen molar-refractivity contribution in [2.24, 2.45) is 0 Å².